The smallest absolute Gasteiger partial charge is 0.261 e. The van der Waals surface area contributed by atoms with Crippen LogP contribution in [-0.2, 0) is 6.54 Å². The predicted octanol–water partition coefficient (Wildman–Crippen LogP) is 4.68. The highest BCUT2D eigenvalue weighted by molar-refractivity contribution is 6.05. The first-order valence-electron chi connectivity index (χ1n) is 12.9. The van der Waals surface area contributed by atoms with Gasteiger partial charge in [0.25, 0.3) is 11.5 Å². The quantitative estimate of drug-likeness (QED) is 0.228. The molecule has 0 radical (unpaired) electrons. The van der Waals surface area contributed by atoms with Crippen molar-refractivity contribution in [2.24, 2.45) is 0 Å². The maximum atomic E-state index is 14.7. The second-order valence-corrected chi connectivity index (χ2v) is 9.91. The van der Waals surface area contributed by atoms with Crippen molar-refractivity contribution >= 4 is 45.5 Å². The molecular weight excluding hydrogens is 495 g/mol. The van der Waals surface area contributed by atoms with Gasteiger partial charge >= 0.3 is 0 Å². The third-order valence-corrected chi connectivity index (χ3v) is 6.76. The summed E-state index contributed by atoms with van der Waals surface area (Å²) < 4.78 is 16.3. The number of aromatic nitrogens is 2. The fraction of sp³-hybridized carbons (Fsp3) is 0.233. The molecule has 1 aliphatic heterocycles. The number of benzene rings is 3. The number of nitrogen functional groups attached to an aromatic ring is 1. The van der Waals surface area contributed by atoms with Crippen molar-refractivity contribution in [3.05, 3.63) is 93.8 Å². The summed E-state index contributed by atoms with van der Waals surface area (Å²) in [5, 5.41) is 6.22. The number of allylic oxidation sites excluding steroid dienone is 1. The Morgan fingerprint density at radius 1 is 1.13 bits per heavy atom. The molecule has 0 unspecified atom stereocenters. The first-order valence-corrected chi connectivity index (χ1v) is 12.9. The summed E-state index contributed by atoms with van der Waals surface area (Å²) in [7, 11) is 3.99. The first-order chi connectivity index (χ1) is 18.8. The molecule has 200 valence electrons. The number of carbonyl (C=O) groups excluding carboxylic acids is 1. The van der Waals surface area contributed by atoms with Gasteiger partial charge in [0.05, 0.1) is 28.0 Å². The highest BCUT2D eigenvalue weighted by Crippen LogP contribution is 2.29. The van der Waals surface area contributed by atoms with Gasteiger partial charge in [0, 0.05) is 18.7 Å². The number of carbonyl (C=O) groups is 1. The molecule has 0 saturated carbocycles. The second kappa shape index (κ2) is 11.1. The molecule has 3 aromatic carbocycles. The summed E-state index contributed by atoms with van der Waals surface area (Å²) in [5.41, 5.74) is 9.83. The Hall–Kier alpha value is -4.50. The Bertz CT molecular complexity index is 1630. The highest BCUT2D eigenvalue weighted by Gasteiger charge is 2.22. The fourth-order valence-electron chi connectivity index (χ4n) is 4.67. The van der Waals surface area contributed by atoms with Gasteiger partial charge in [0.1, 0.15) is 11.6 Å². The largest absolute Gasteiger partial charge is 0.397 e. The van der Waals surface area contributed by atoms with Crippen LogP contribution in [-0.4, -0.2) is 47.5 Å². The lowest BCUT2D eigenvalue weighted by Crippen LogP contribution is -2.21. The molecule has 0 bridgehead atoms. The molecule has 39 heavy (non-hydrogen) atoms. The number of nitrogens with two attached hydrogens (primary N) is 1. The SMILES string of the molecule is CN(C)CCCNc1cc2nc3n(c(=O)c2cc1F)CC/C3=C\c1ccc(C(=O)Nc2ccccc2N)cc1. The van der Waals surface area contributed by atoms with Gasteiger partial charge in [-0.05, 0) is 87.1 Å². The van der Waals surface area contributed by atoms with Crippen LogP contribution in [0.2, 0.25) is 0 Å². The van der Waals surface area contributed by atoms with Crippen molar-refractivity contribution in [1.82, 2.24) is 14.5 Å². The zero-order valence-corrected chi connectivity index (χ0v) is 22.0. The zero-order valence-electron chi connectivity index (χ0n) is 22.0. The Morgan fingerprint density at radius 2 is 1.90 bits per heavy atom. The average Bonchev–Trinajstić information content (AvgIpc) is 3.31. The van der Waals surface area contributed by atoms with Crippen molar-refractivity contribution in [1.29, 1.82) is 0 Å². The molecule has 1 aliphatic rings. The number of hydrogen-bond donors (Lipinski definition) is 3. The molecule has 0 spiro atoms. The minimum atomic E-state index is -0.459. The van der Waals surface area contributed by atoms with Crippen LogP contribution in [0, 0.1) is 5.82 Å². The Kier molecular flexibility index (Phi) is 7.42. The summed E-state index contributed by atoms with van der Waals surface area (Å²) in [5.74, 6) is -0.130. The number of para-hydroxylation sites is 2. The summed E-state index contributed by atoms with van der Waals surface area (Å²) in [6, 6.07) is 17.2. The molecule has 0 fully saturated rings. The van der Waals surface area contributed by atoms with E-state index in [0.717, 1.165) is 24.1 Å². The molecule has 0 atom stereocenters. The van der Waals surface area contributed by atoms with E-state index in [-0.39, 0.29) is 16.9 Å². The van der Waals surface area contributed by atoms with E-state index in [9.17, 15) is 14.0 Å². The summed E-state index contributed by atoms with van der Waals surface area (Å²) in [4.78, 5) is 32.6. The van der Waals surface area contributed by atoms with Crippen LogP contribution in [0.3, 0.4) is 0 Å². The minimum Gasteiger partial charge on any atom is -0.397 e. The van der Waals surface area contributed by atoms with E-state index in [0.29, 0.717) is 53.5 Å². The van der Waals surface area contributed by atoms with E-state index in [1.165, 1.54) is 6.07 Å². The van der Waals surface area contributed by atoms with Gasteiger partial charge in [-0.2, -0.15) is 0 Å². The van der Waals surface area contributed by atoms with Gasteiger partial charge in [-0.1, -0.05) is 24.3 Å². The van der Waals surface area contributed by atoms with Crippen LogP contribution in [0.25, 0.3) is 22.6 Å². The van der Waals surface area contributed by atoms with Crippen LogP contribution in [0.15, 0.2) is 65.5 Å². The lowest BCUT2D eigenvalue weighted by Gasteiger charge is -2.12. The molecular formula is C30H31FN6O2. The van der Waals surface area contributed by atoms with E-state index in [1.54, 1.807) is 34.9 Å². The van der Waals surface area contributed by atoms with E-state index < -0.39 is 5.82 Å². The number of anilines is 3. The lowest BCUT2D eigenvalue weighted by molar-refractivity contribution is 0.102. The Labute approximate surface area is 226 Å². The number of halogens is 1. The fourth-order valence-corrected chi connectivity index (χ4v) is 4.67. The first kappa shape index (κ1) is 26.1. The molecule has 2 heterocycles. The van der Waals surface area contributed by atoms with Gasteiger partial charge in [-0.25, -0.2) is 9.37 Å². The molecule has 1 aromatic heterocycles. The molecule has 5 rings (SSSR count). The van der Waals surface area contributed by atoms with E-state index in [4.69, 9.17) is 10.7 Å². The Balaban J connectivity index is 1.37. The summed E-state index contributed by atoms with van der Waals surface area (Å²) >= 11 is 0. The van der Waals surface area contributed by atoms with Gasteiger partial charge < -0.3 is 21.3 Å². The standard InChI is InChI=1S/C30H31FN6O2/c1-36(2)14-5-13-33-27-18-26-22(17-23(27)31)30(39)37-15-12-21(28(37)34-26)16-19-8-10-20(11-9-19)29(38)35-25-7-4-3-6-24(25)32/h3-4,6-11,16-18,33H,5,12-15,32H2,1-2H3,(H,35,38)/b21-16+. The molecule has 4 N–H and O–H groups in total. The summed E-state index contributed by atoms with van der Waals surface area (Å²) in [6.45, 7) is 1.98. The zero-order chi connectivity index (χ0) is 27.5. The van der Waals surface area contributed by atoms with Gasteiger partial charge in [-0.3, -0.25) is 14.2 Å². The van der Waals surface area contributed by atoms with Crippen LogP contribution < -0.4 is 21.9 Å². The van der Waals surface area contributed by atoms with E-state index in [1.807, 2.05) is 44.4 Å². The van der Waals surface area contributed by atoms with Crippen LogP contribution >= 0.6 is 0 Å². The number of amides is 1. The predicted molar refractivity (Wildman–Crippen MR) is 155 cm³/mol. The average molecular weight is 527 g/mol. The van der Waals surface area contributed by atoms with Crippen molar-refractivity contribution in [2.75, 3.05) is 43.6 Å². The summed E-state index contributed by atoms with van der Waals surface area (Å²) in [6.07, 6.45) is 3.46. The van der Waals surface area contributed by atoms with Gasteiger partial charge in [0.15, 0.2) is 0 Å². The second-order valence-electron chi connectivity index (χ2n) is 9.91. The molecule has 0 saturated heterocycles. The normalized spacial score (nSPS) is 13.7. The number of nitrogens with zero attached hydrogens (tertiary/aromatic N) is 3. The van der Waals surface area contributed by atoms with E-state index >= 15 is 0 Å². The highest BCUT2D eigenvalue weighted by atomic mass is 19.1. The maximum absolute atomic E-state index is 14.7. The Morgan fingerprint density at radius 3 is 2.64 bits per heavy atom. The third kappa shape index (κ3) is 5.68. The van der Waals surface area contributed by atoms with Crippen LogP contribution in [0.1, 0.15) is 34.6 Å². The van der Waals surface area contributed by atoms with E-state index in [2.05, 4.69) is 15.5 Å². The van der Waals surface area contributed by atoms with Crippen molar-refractivity contribution in [3.8, 4) is 0 Å². The minimum absolute atomic E-state index is 0.247. The van der Waals surface area contributed by atoms with Gasteiger partial charge in [0.2, 0.25) is 0 Å². The van der Waals surface area contributed by atoms with Crippen LogP contribution in [0.5, 0.6) is 0 Å². The maximum Gasteiger partial charge on any atom is 0.261 e. The number of nitrogens with one attached hydrogen (secondary N) is 2. The monoisotopic (exact) mass is 526 g/mol. The van der Waals surface area contributed by atoms with Crippen molar-refractivity contribution < 1.29 is 9.18 Å². The van der Waals surface area contributed by atoms with Crippen molar-refractivity contribution in [2.45, 2.75) is 19.4 Å². The molecule has 9 heteroatoms. The molecule has 1 amide bonds. The van der Waals surface area contributed by atoms with Gasteiger partial charge in [-0.15, -0.1) is 0 Å². The molecule has 0 aliphatic carbocycles. The topological polar surface area (TPSA) is 105 Å². The third-order valence-electron chi connectivity index (χ3n) is 6.76. The number of hydrogen-bond acceptors (Lipinski definition) is 6. The van der Waals surface area contributed by atoms with Crippen LogP contribution in [0.4, 0.5) is 21.5 Å². The number of fused-ring (bicyclic) bond motifs is 2. The lowest BCUT2D eigenvalue weighted by atomic mass is 10.1. The molecule has 4 aromatic rings. The molecule has 8 nitrogen and oxygen atoms in total. The van der Waals surface area contributed by atoms with Crippen molar-refractivity contribution in [3.63, 3.8) is 0 Å². The number of rotatable bonds is 8.